The van der Waals surface area contributed by atoms with Gasteiger partial charge in [-0.1, -0.05) is 0 Å². The zero-order valence-electron chi connectivity index (χ0n) is 8.91. The lowest BCUT2D eigenvalue weighted by Gasteiger charge is -1.95. The summed E-state index contributed by atoms with van der Waals surface area (Å²) in [6, 6.07) is 5.78. The van der Waals surface area contributed by atoms with Gasteiger partial charge < -0.3 is 14.1 Å². The van der Waals surface area contributed by atoms with Gasteiger partial charge in [0, 0.05) is 5.39 Å². The smallest absolute Gasteiger partial charge is 0.355 e. The molecule has 0 saturated heterocycles. The topological polar surface area (TPSA) is 55.2 Å². The van der Waals surface area contributed by atoms with Crippen LogP contribution in [0.25, 0.3) is 21.9 Å². The van der Waals surface area contributed by atoms with Crippen LogP contribution in [-0.2, 0) is 4.74 Å². The van der Waals surface area contributed by atoms with Crippen molar-refractivity contribution in [2.45, 2.75) is 0 Å². The Morgan fingerprint density at radius 3 is 3.00 bits per heavy atom. The van der Waals surface area contributed by atoms with Crippen molar-refractivity contribution in [3.63, 3.8) is 0 Å². The molecule has 0 aliphatic heterocycles. The van der Waals surface area contributed by atoms with Gasteiger partial charge in [0.05, 0.1) is 27.8 Å². The van der Waals surface area contributed by atoms with Gasteiger partial charge in [-0.15, -0.1) is 0 Å². The maximum Gasteiger partial charge on any atom is 0.355 e. The number of ether oxygens (including phenoxy) is 1. The van der Waals surface area contributed by atoms with E-state index in [4.69, 9.17) is 9.15 Å². The second-order valence-corrected chi connectivity index (χ2v) is 4.71. The fraction of sp³-hybridized carbons (Fsp3) is 0.0833. The van der Waals surface area contributed by atoms with Crippen LogP contribution in [-0.4, -0.2) is 18.1 Å². The first-order valence-corrected chi connectivity index (χ1v) is 6.06. The zero-order valence-corrected chi connectivity index (χ0v) is 11.1. The van der Waals surface area contributed by atoms with E-state index in [-0.39, 0.29) is 5.97 Å². The highest BCUT2D eigenvalue weighted by atomic mass is 127. The summed E-state index contributed by atoms with van der Waals surface area (Å²) in [4.78, 5) is 14.6. The molecular weight excluding hydrogens is 333 g/mol. The molecule has 4 nitrogen and oxygen atoms in total. The molecular formula is C12H8INO3. The van der Waals surface area contributed by atoms with Crippen molar-refractivity contribution >= 4 is 50.4 Å². The van der Waals surface area contributed by atoms with Crippen LogP contribution in [0.4, 0.5) is 0 Å². The molecule has 0 fully saturated rings. The average Bonchev–Trinajstić information content (AvgIpc) is 2.92. The molecule has 0 unspecified atom stereocenters. The molecule has 0 atom stereocenters. The van der Waals surface area contributed by atoms with E-state index in [0.29, 0.717) is 5.69 Å². The molecule has 0 amide bonds. The maximum absolute atomic E-state index is 11.6. The fourth-order valence-corrected chi connectivity index (χ4v) is 2.80. The largest absolute Gasteiger partial charge is 0.464 e. The first-order chi connectivity index (χ1) is 8.22. The Bertz CT molecular complexity index is 726. The number of aromatic amines is 1. The summed E-state index contributed by atoms with van der Waals surface area (Å²) in [5.41, 5.74) is 2.13. The lowest BCUT2D eigenvalue weighted by atomic mass is 10.2. The monoisotopic (exact) mass is 341 g/mol. The van der Waals surface area contributed by atoms with Crippen molar-refractivity contribution in [2.24, 2.45) is 0 Å². The summed E-state index contributed by atoms with van der Waals surface area (Å²) in [5.74, 6) is -0.370. The minimum absolute atomic E-state index is 0.370. The Kier molecular flexibility index (Phi) is 2.36. The van der Waals surface area contributed by atoms with Gasteiger partial charge >= 0.3 is 5.97 Å². The first-order valence-electron chi connectivity index (χ1n) is 4.98. The van der Waals surface area contributed by atoms with E-state index in [1.54, 1.807) is 6.26 Å². The second-order valence-electron chi connectivity index (χ2n) is 3.63. The van der Waals surface area contributed by atoms with Gasteiger partial charge in [-0.3, -0.25) is 0 Å². The van der Waals surface area contributed by atoms with Crippen LogP contribution < -0.4 is 0 Å². The Labute approximate surface area is 110 Å². The van der Waals surface area contributed by atoms with Gasteiger partial charge in [0.1, 0.15) is 11.3 Å². The number of methoxy groups -OCH3 is 1. The van der Waals surface area contributed by atoms with Gasteiger partial charge in [-0.05, 0) is 40.8 Å². The number of H-pyrrole nitrogens is 1. The molecule has 0 radical (unpaired) electrons. The van der Waals surface area contributed by atoms with Crippen LogP contribution in [0, 0.1) is 3.57 Å². The summed E-state index contributed by atoms with van der Waals surface area (Å²) in [6.45, 7) is 0. The number of aromatic nitrogens is 1. The second kappa shape index (κ2) is 3.76. The third kappa shape index (κ3) is 1.45. The number of carbonyl (C=O) groups is 1. The van der Waals surface area contributed by atoms with E-state index in [9.17, 15) is 4.79 Å². The molecule has 2 heterocycles. The number of halogens is 1. The predicted molar refractivity (Wildman–Crippen MR) is 72.1 cm³/mol. The van der Waals surface area contributed by atoms with Crippen molar-refractivity contribution in [3.8, 4) is 0 Å². The van der Waals surface area contributed by atoms with E-state index in [1.165, 1.54) is 7.11 Å². The summed E-state index contributed by atoms with van der Waals surface area (Å²) < 4.78 is 11.0. The molecule has 0 bridgehead atoms. The molecule has 0 spiro atoms. The number of benzene rings is 1. The van der Waals surface area contributed by atoms with Crippen LogP contribution in [0.5, 0.6) is 0 Å². The van der Waals surface area contributed by atoms with Crippen molar-refractivity contribution in [3.05, 3.63) is 33.7 Å². The molecule has 3 rings (SSSR count). The Balaban J connectivity index is 2.43. The van der Waals surface area contributed by atoms with Crippen LogP contribution >= 0.6 is 22.6 Å². The van der Waals surface area contributed by atoms with Gasteiger partial charge in [0.2, 0.25) is 0 Å². The molecule has 1 aromatic carbocycles. The van der Waals surface area contributed by atoms with Crippen LogP contribution in [0.1, 0.15) is 10.5 Å². The van der Waals surface area contributed by atoms with E-state index < -0.39 is 0 Å². The number of fused-ring (bicyclic) bond motifs is 3. The SMILES string of the molecule is COC(=O)c1[nH]c2ccc3ccoc3c2c1I. The third-order valence-corrected chi connectivity index (χ3v) is 3.79. The molecule has 0 aliphatic carbocycles. The predicted octanol–water partition coefficient (Wildman–Crippen LogP) is 3.31. The zero-order chi connectivity index (χ0) is 12.0. The Hall–Kier alpha value is -1.50. The van der Waals surface area contributed by atoms with Gasteiger partial charge in [-0.2, -0.15) is 0 Å². The van der Waals surface area contributed by atoms with Gasteiger partial charge in [0.15, 0.2) is 0 Å². The van der Waals surface area contributed by atoms with Crippen LogP contribution in [0.2, 0.25) is 0 Å². The quantitative estimate of drug-likeness (QED) is 0.546. The number of carbonyl (C=O) groups excluding carboxylic acids is 1. The summed E-state index contributed by atoms with van der Waals surface area (Å²) in [7, 11) is 1.37. The van der Waals surface area contributed by atoms with Crippen molar-refractivity contribution in [1.82, 2.24) is 4.98 Å². The Morgan fingerprint density at radius 2 is 2.24 bits per heavy atom. The number of nitrogens with one attached hydrogen (secondary N) is 1. The molecule has 5 heteroatoms. The molecule has 2 aromatic heterocycles. The highest BCUT2D eigenvalue weighted by Gasteiger charge is 2.19. The molecule has 1 N–H and O–H groups in total. The molecule has 86 valence electrons. The number of rotatable bonds is 1. The van der Waals surface area contributed by atoms with Gasteiger partial charge in [0.25, 0.3) is 0 Å². The number of hydrogen-bond acceptors (Lipinski definition) is 3. The van der Waals surface area contributed by atoms with E-state index in [1.807, 2.05) is 18.2 Å². The normalized spacial score (nSPS) is 11.2. The molecule has 17 heavy (non-hydrogen) atoms. The average molecular weight is 341 g/mol. The maximum atomic E-state index is 11.6. The number of furan rings is 1. The summed E-state index contributed by atoms with van der Waals surface area (Å²) in [6.07, 6.45) is 1.64. The molecule has 3 aromatic rings. The minimum atomic E-state index is -0.370. The van der Waals surface area contributed by atoms with Crippen molar-refractivity contribution < 1.29 is 13.9 Å². The standard InChI is InChI=1S/C12H8INO3/c1-16-12(15)10-9(13)8-7(14-10)3-2-6-4-5-17-11(6)8/h2-5,14H,1H3. The van der Waals surface area contributed by atoms with Crippen molar-refractivity contribution in [1.29, 1.82) is 0 Å². The molecule has 0 saturated carbocycles. The van der Waals surface area contributed by atoms with Crippen molar-refractivity contribution in [2.75, 3.05) is 7.11 Å². The van der Waals surface area contributed by atoms with Gasteiger partial charge in [-0.25, -0.2) is 4.79 Å². The van der Waals surface area contributed by atoms with E-state index >= 15 is 0 Å². The lowest BCUT2D eigenvalue weighted by Crippen LogP contribution is -2.02. The van der Waals surface area contributed by atoms with Crippen LogP contribution in [0.15, 0.2) is 28.9 Å². The van der Waals surface area contributed by atoms with E-state index in [2.05, 4.69) is 27.6 Å². The summed E-state index contributed by atoms with van der Waals surface area (Å²) >= 11 is 2.13. The highest BCUT2D eigenvalue weighted by molar-refractivity contribution is 14.1. The lowest BCUT2D eigenvalue weighted by molar-refractivity contribution is 0.0594. The number of hydrogen-bond donors (Lipinski definition) is 1. The third-order valence-electron chi connectivity index (χ3n) is 2.71. The molecule has 0 aliphatic rings. The van der Waals surface area contributed by atoms with E-state index in [0.717, 1.165) is 25.4 Å². The highest BCUT2D eigenvalue weighted by Crippen LogP contribution is 2.32. The first kappa shape index (κ1) is 10.6. The number of esters is 1. The Morgan fingerprint density at radius 1 is 1.41 bits per heavy atom. The summed E-state index contributed by atoms with van der Waals surface area (Å²) in [5, 5.41) is 1.94. The fourth-order valence-electron chi connectivity index (χ4n) is 1.91. The minimum Gasteiger partial charge on any atom is -0.464 e. The van der Waals surface area contributed by atoms with Crippen LogP contribution in [0.3, 0.4) is 0 Å².